The number of carbonyl (C=O) groups is 3. The molecule has 1 aliphatic rings. The van der Waals surface area contributed by atoms with Crippen molar-refractivity contribution >= 4 is 29.1 Å². The van der Waals surface area contributed by atoms with Crippen molar-refractivity contribution in [2.45, 2.75) is 0 Å². The van der Waals surface area contributed by atoms with Crippen LogP contribution in [0.3, 0.4) is 0 Å². The number of rotatable bonds is 4. The molecule has 0 spiro atoms. The van der Waals surface area contributed by atoms with Gasteiger partial charge in [-0.25, -0.2) is 4.79 Å². The van der Waals surface area contributed by atoms with Crippen LogP contribution in [0.1, 0.15) is 9.67 Å². The first-order chi connectivity index (χ1) is 9.66. The van der Waals surface area contributed by atoms with Gasteiger partial charge in [-0.1, -0.05) is 6.07 Å². The van der Waals surface area contributed by atoms with Gasteiger partial charge in [0.1, 0.15) is 19.5 Å². The van der Waals surface area contributed by atoms with Gasteiger partial charge in [0, 0.05) is 0 Å². The third-order valence-electron chi connectivity index (χ3n) is 2.18. The molecular weight excluding hydrogens is 286 g/mol. The van der Waals surface area contributed by atoms with Crippen molar-refractivity contribution in [3.8, 4) is 0 Å². The maximum atomic E-state index is 11.5. The Bertz CT molecular complexity index is 536. The molecule has 1 aromatic heterocycles. The number of hydrogen-bond donors (Lipinski definition) is 1. The van der Waals surface area contributed by atoms with E-state index in [1.807, 2.05) is 0 Å². The Kier molecular flexibility index (Phi) is 4.72. The van der Waals surface area contributed by atoms with E-state index in [4.69, 9.17) is 9.47 Å². The summed E-state index contributed by atoms with van der Waals surface area (Å²) in [6, 6.07) is 3.27. The van der Waals surface area contributed by atoms with E-state index < -0.39 is 24.4 Å². The second kappa shape index (κ2) is 6.71. The number of thiophene rings is 1. The van der Waals surface area contributed by atoms with E-state index in [9.17, 15) is 14.4 Å². The zero-order valence-electron chi connectivity index (χ0n) is 10.3. The standard InChI is InChI=1S/C12H11NO6S/c14-10(13-11(15)9-2-1-5-20-9)7-19-12(16)8-6-17-3-4-18-8/h1-2,5-6H,3-4,7H2,(H,13,14,15). The van der Waals surface area contributed by atoms with Crippen LogP contribution in [0.5, 0.6) is 0 Å². The fraction of sp³-hybridized carbons (Fsp3) is 0.250. The van der Waals surface area contributed by atoms with Crippen LogP contribution in [0.4, 0.5) is 0 Å². The highest BCUT2D eigenvalue weighted by Crippen LogP contribution is 2.08. The monoisotopic (exact) mass is 297 g/mol. The van der Waals surface area contributed by atoms with Gasteiger partial charge in [0.05, 0.1) is 4.88 Å². The quantitative estimate of drug-likeness (QED) is 0.811. The molecule has 0 aromatic carbocycles. The first-order valence-corrected chi connectivity index (χ1v) is 6.54. The van der Waals surface area contributed by atoms with Crippen molar-refractivity contribution in [1.82, 2.24) is 5.32 Å². The van der Waals surface area contributed by atoms with Gasteiger partial charge in [-0.3, -0.25) is 14.9 Å². The smallest absolute Gasteiger partial charge is 0.377 e. The van der Waals surface area contributed by atoms with Gasteiger partial charge < -0.3 is 14.2 Å². The predicted molar refractivity (Wildman–Crippen MR) is 67.7 cm³/mol. The lowest BCUT2D eigenvalue weighted by Crippen LogP contribution is -2.34. The fourth-order valence-corrected chi connectivity index (χ4v) is 1.93. The van der Waals surface area contributed by atoms with E-state index in [1.165, 1.54) is 11.3 Å². The third-order valence-corrected chi connectivity index (χ3v) is 3.05. The van der Waals surface area contributed by atoms with E-state index in [-0.39, 0.29) is 12.4 Å². The zero-order chi connectivity index (χ0) is 14.4. The van der Waals surface area contributed by atoms with Gasteiger partial charge in [0.25, 0.3) is 11.8 Å². The average Bonchev–Trinajstić information content (AvgIpc) is 3.00. The molecule has 0 aliphatic carbocycles. The molecule has 106 valence electrons. The van der Waals surface area contributed by atoms with Crippen molar-refractivity contribution < 1.29 is 28.6 Å². The number of esters is 1. The van der Waals surface area contributed by atoms with Gasteiger partial charge in [-0.2, -0.15) is 0 Å². The van der Waals surface area contributed by atoms with Crippen molar-refractivity contribution in [3.05, 3.63) is 34.4 Å². The highest BCUT2D eigenvalue weighted by molar-refractivity contribution is 7.12. The Morgan fingerprint density at radius 3 is 2.85 bits per heavy atom. The highest BCUT2D eigenvalue weighted by Gasteiger charge is 2.19. The summed E-state index contributed by atoms with van der Waals surface area (Å²) in [6.45, 7) is 0.0211. The van der Waals surface area contributed by atoms with Gasteiger partial charge in [-0.05, 0) is 11.4 Å². The molecule has 0 bridgehead atoms. The van der Waals surface area contributed by atoms with E-state index in [1.54, 1.807) is 17.5 Å². The largest absolute Gasteiger partial charge is 0.493 e. The SMILES string of the molecule is O=C(COC(=O)C1=COCCO1)NC(=O)c1cccs1. The summed E-state index contributed by atoms with van der Waals surface area (Å²) >= 11 is 1.20. The van der Waals surface area contributed by atoms with E-state index >= 15 is 0 Å². The van der Waals surface area contributed by atoms with Gasteiger partial charge >= 0.3 is 5.97 Å². The topological polar surface area (TPSA) is 90.9 Å². The molecule has 2 heterocycles. The first-order valence-electron chi connectivity index (χ1n) is 5.66. The zero-order valence-corrected chi connectivity index (χ0v) is 11.1. The predicted octanol–water partition coefficient (Wildman–Crippen LogP) is 0.436. The molecule has 7 nitrogen and oxygen atoms in total. The molecule has 1 aliphatic heterocycles. The van der Waals surface area contributed by atoms with Crippen LogP contribution in [-0.2, 0) is 23.8 Å². The third kappa shape index (κ3) is 3.82. The van der Waals surface area contributed by atoms with E-state index in [2.05, 4.69) is 10.1 Å². The van der Waals surface area contributed by atoms with Crippen molar-refractivity contribution in [1.29, 1.82) is 0 Å². The molecule has 2 amide bonds. The normalized spacial score (nSPS) is 13.5. The van der Waals surface area contributed by atoms with Crippen LogP contribution >= 0.6 is 11.3 Å². The maximum Gasteiger partial charge on any atom is 0.377 e. The summed E-state index contributed by atoms with van der Waals surface area (Å²) in [4.78, 5) is 34.8. The van der Waals surface area contributed by atoms with Gasteiger partial charge in [0.15, 0.2) is 6.61 Å². The molecule has 0 fully saturated rings. The summed E-state index contributed by atoms with van der Waals surface area (Å²) in [6.07, 6.45) is 1.13. The summed E-state index contributed by atoms with van der Waals surface area (Å²) < 4.78 is 14.5. The molecule has 8 heteroatoms. The molecule has 0 saturated heterocycles. The van der Waals surface area contributed by atoms with Crippen LogP contribution in [0.15, 0.2) is 29.5 Å². The number of imide groups is 1. The molecule has 1 aromatic rings. The summed E-state index contributed by atoms with van der Waals surface area (Å²) in [5.41, 5.74) is 0. The molecule has 0 saturated carbocycles. The number of carbonyl (C=O) groups excluding carboxylic acids is 3. The first kappa shape index (κ1) is 14.1. The number of amides is 2. The van der Waals surface area contributed by atoms with Crippen LogP contribution in [-0.4, -0.2) is 37.6 Å². The highest BCUT2D eigenvalue weighted by atomic mass is 32.1. The lowest BCUT2D eigenvalue weighted by atomic mass is 10.4. The fourth-order valence-electron chi connectivity index (χ4n) is 1.31. The molecule has 0 atom stereocenters. The maximum absolute atomic E-state index is 11.5. The van der Waals surface area contributed by atoms with Crippen molar-refractivity contribution in [2.24, 2.45) is 0 Å². The Balaban J connectivity index is 1.76. The molecule has 1 N–H and O–H groups in total. The average molecular weight is 297 g/mol. The minimum Gasteiger partial charge on any atom is -0.493 e. The van der Waals surface area contributed by atoms with E-state index in [0.29, 0.717) is 11.5 Å². The Morgan fingerprint density at radius 1 is 1.35 bits per heavy atom. The Labute approximate surface area is 118 Å². The molecular formula is C12H11NO6S. The lowest BCUT2D eigenvalue weighted by molar-refractivity contribution is -0.149. The summed E-state index contributed by atoms with van der Waals surface area (Å²) in [7, 11) is 0. The van der Waals surface area contributed by atoms with Gasteiger partial charge in [0.2, 0.25) is 5.76 Å². The number of ether oxygens (including phenoxy) is 3. The van der Waals surface area contributed by atoms with Crippen LogP contribution in [0.25, 0.3) is 0 Å². The molecule has 0 unspecified atom stereocenters. The minimum absolute atomic E-state index is 0.103. The Hall–Kier alpha value is -2.35. The number of nitrogens with one attached hydrogen (secondary N) is 1. The van der Waals surface area contributed by atoms with Gasteiger partial charge in [-0.15, -0.1) is 11.3 Å². The van der Waals surface area contributed by atoms with Crippen LogP contribution in [0.2, 0.25) is 0 Å². The lowest BCUT2D eigenvalue weighted by Gasteiger charge is -2.14. The van der Waals surface area contributed by atoms with Crippen LogP contribution in [0, 0.1) is 0 Å². The van der Waals surface area contributed by atoms with E-state index in [0.717, 1.165) is 6.26 Å². The second-order valence-electron chi connectivity index (χ2n) is 3.63. The minimum atomic E-state index is -0.816. The summed E-state index contributed by atoms with van der Waals surface area (Å²) in [5, 5.41) is 3.82. The molecule has 20 heavy (non-hydrogen) atoms. The van der Waals surface area contributed by atoms with Crippen molar-refractivity contribution in [3.63, 3.8) is 0 Å². The molecule has 0 radical (unpaired) electrons. The summed E-state index contributed by atoms with van der Waals surface area (Å²) in [5.74, 6) is -2.16. The number of hydrogen-bond acceptors (Lipinski definition) is 7. The second-order valence-corrected chi connectivity index (χ2v) is 4.58. The van der Waals surface area contributed by atoms with Crippen molar-refractivity contribution in [2.75, 3.05) is 19.8 Å². The molecule has 2 rings (SSSR count). The Morgan fingerprint density at radius 2 is 2.20 bits per heavy atom. The van der Waals surface area contributed by atoms with Crippen LogP contribution < -0.4 is 5.32 Å².